The summed E-state index contributed by atoms with van der Waals surface area (Å²) in [4.78, 5) is 2.84. The lowest BCUT2D eigenvalue weighted by Crippen LogP contribution is -3.11. The van der Waals surface area contributed by atoms with Gasteiger partial charge in [0.1, 0.15) is 12.4 Å². The predicted molar refractivity (Wildman–Crippen MR) is 128 cm³/mol. The quantitative estimate of drug-likeness (QED) is 0.435. The number of nitrogens with one attached hydrogen (secondary N) is 1. The molecule has 2 aromatic heterocycles. The van der Waals surface area contributed by atoms with Gasteiger partial charge in [0.15, 0.2) is 6.67 Å². The number of nitrogens with zero attached hydrogens (tertiary/aromatic N) is 3. The molecule has 158 valence electrons. The Morgan fingerprint density at radius 3 is 2.58 bits per heavy atom. The van der Waals surface area contributed by atoms with E-state index >= 15 is 0 Å². The lowest BCUT2D eigenvalue weighted by molar-refractivity contribution is -0.939. The first-order chi connectivity index (χ1) is 15.3. The van der Waals surface area contributed by atoms with E-state index in [9.17, 15) is 0 Å². The summed E-state index contributed by atoms with van der Waals surface area (Å²) in [6, 6.07) is 23.7. The second-order valence-corrected chi connectivity index (χ2v) is 9.59. The van der Waals surface area contributed by atoms with Crippen LogP contribution in [0.3, 0.4) is 0 Å². The third-order valence-corrected chi connectivity index (χ3v) is 7.37. The van der Waals surface area contributed by atoms with E-state index in [2.05, 4.69) is 81.4 Å². The summed E-state index contributed by atoms with van der Waals surface area (Å²) in [5.74, 6) is 1.07. The van der Waals surface area contributed by atoms with Crippen LogP contribution in [-0.2, 0) is 39.0 Å². The minimum atomic E-state index is 0.822. The summed E-state index contributed by atoms with van der Waals surface area (Å²) >= 11 is 7.71. The van der Waals surface area contributed by atoms with Gasteiger partial charge < -0.3 is 9.47 Å². The maximum Gasteiger partial charge on any atom is 0.202 e. The van der Waals surface area contributed by atoms with Crippen molar-refractivity contribution in [2.45, 2.75) is 39.0 Å². The number of hydrogen-bond acceptors (Lipinski definition) is 3. The number of thiophene rings is 1. The van der Waals surface area contributed by atoms with Crippen molar-refractivity contribution < 1.29 is 4.90 Å². The van der Waals surface area contributed by atoms with Crippen molar-refractivity contribution >= 4 is 23.6 Å². The first kappa shape index (κ1) is 20.4. The Morgan fingerprint density at radius 2 is 1.77 bits per heavy atom. The molecule has 0 radical (unpaired) electrons. The highest BCUT2D eigenvalue weighted by molar-refractivity contribution is 7.71. The molecule has 1 unspecified atom stereocenters. The number of fused-ring (bicyclic) bond motifs is 1. The number of quaternary nitrogens is 1. The molecule has 4 nitrogen and oxygen atoms in total. The summed E-state index contributed by atoms with van der Waals surface area (Å²) in [5, 5.41) is 7.14. The third-order valence-electron chi connectivity index (χ3n) is 6.06. The summed E-state index contributed by atoms with van der Waals surface area (Å²) in [7, 11) is 0. The Hall–Kier alpha value is -2.54. The number of aryl methyl sites for hydroxylation is 1. The van der Waals surface area contributed by atoms with E-state index in [4.69, 9.17) is 17.3 Å². The largest absolute Gasteiger partial charge is 0.312 e. The first-order valence-corrected chi connectivity index (χ1v) is 12.2. The Morgan fingerprint density at radius 1 is 0.968 bits per heavy atom. The smallest absolute Gasteiger partial charge is 0.202 e. The van der Waals surface area contributed by atoms with Crippen LogP contribution >= 0.6 is 23.6 Å². The lowest BCUT2D eigenvalue weighted by Gasteiger charge is -2.25. The van der Waals surface area contributed by atoms with Crippen molar-refractivity contribution in [3.63, 3.8) is 0 Å². The van der Waals surface area contributed by atoms with Crippen LogP contribution in [0.5, 0.6) is 0 Å². The Kier molecular flexibility index (Phi) is 6.11. The van der Waals surface area contributed by atoms with Crippen molar-refractivity contribution in [1.29, 1.82) is 0 Å². The molecule has 1 aliphatic rings. The molecule has 0 aliphatic carbocycles. The van der Waals surface area contributed by atoms with Gasteiger partial charge in [-0.1, -0.05) is 60.7 Å². The number of aromatic nitrogens is 3. The molecule has 0 saturated carbocycles. The van der Waals surface area contributed by atoms with Crippen molar-refractivity contribution in [3.8, 4) is 0 Å². The maximum atomic E-state index is 5.92. The average Bonchev–Trinajstić information content (AvgIpc) is 3.41. The van der Waals surface area contributed by atoms with E-state index in [1.54, 1.807) is 11.3 Å². The normalized spacial score (nSPS) is 15.7. The molecule has 3 heterocycles. The van der Waals surface area contributed by atoms with Gasteiger partial charge in [-0.25, -0.2) is 0 Å². The first-order valence-electron chi connectivity index (χ1n) is 10.9. The van der Waals surface area contributed by atoms with Crippen LogP contribution in [-0.4, -0.2) is 20.9 Å². The highest BCUT2D eigenvalue weighted by Gasteiger charge is 2.21. The van der Waals surface area contributed by atoms with E-state index in [-0.39, 0.29) is 0 Å². The molecule has 1 N–H and O–H groups in total. The second kappa shape index (κ2) is 9.30. The molecule has 5 rings (SSSR count). The van der Waals surface area contributed by atoms with Crippen LogP contribution in [0.4, 0.5) is 0 Å². The molecule has 0 bridgehead atoms. The molecule has 2 aromatic carbocycles. The van der Waals surface area contributed by atoms with E-state index in [1.807, 2.05) is 0 Å². The fourth-order valence-electron chi connectivity index (χ4n) is 4.39. The summed E-state index contributed by atoms with van der Waals surface area (Å²) < 4.78 is 5.15. The number of rotatable bonds is 7. The standard InChI is InChI=1S/C25H26N4S2/c30-25-28(15-12-20-7-2-1-3-8-20)24(17-23-11-6-16-31-23)26-29(25)19-27-14-13-21-9-4-5-10-22(21)18-27/h1-11,16H,12-15,17-19H2/p+1. The molecule has 4 aromatic rings. The van der Waals surface area contributed by atoms with Gasteiger partial charge >= 0.3 is 0 Å². The van der Waals surface area contributed by atoms with Crippen molar-refractivity contribution in [2.75, 3.05) is 6.54 Å². The van der Waals surface area contributed by atoms with Crippen LogP contribution in [0.2, 0.25) is 0 Å². The van der Waals surface area contributed by atoms with Crippen molar-refractivity contribution in [1.82, 2.24) is 14.3 Å². The van der Waals surface area contributed by atoms with E-state index in [0.717, 1.165) is 56.2 Å². The molecule has 6 heteroatoms. The third kappa shape index (κ3) is 4.71. The Labute approximate surface area is 192 Å². The topological polar surface area (TPSA) is 27.2 Å². The highest BCUT2D eigenvalue weighted by Crippen LogP contribution is 2.16. The molecular formula is C25H27N4S2+. The lowest BCUT2D eigenvalue weighted by atomic mass is 10.0. The van der Waals surface area contributed by atoms with Crippen LogP contribution in [0, 0.1) is 4.77 Å². The van der Waals surface area contributed by atoms with Gasteiger partial charge in [0, 0.05) is 29.8 Å². The predicted octanol–water partition coefficient (Wildman–Crippen LogP) is 3.91. The van der Waals surface area contributed by atoms with Gasteiger partial charge in [-0.15, -0.1) is 11.3 Å². The molecule has 31 heavy (non-hydrogen) atoms. The number of hydrogen-bond donors (Lipinski definition) is 1. The molecule has 0 fully saturated rings. The van der Waals surface area contributed by atoms with Crippen LogP contribution in [0.1, 0.15) is 27.4 Å². The molecule has 1 atom stereocenters. The Balaban J connectivity index is 1.38. The maximum absolute atomic E-state index is 5.92. The fourth-order valence-corrected chi connectivity index (χ4v) is 5.39. The molecular weight excluding hydrogens is 420 g/mol. The molecule has 1 aliphatic heterocycles. The van der Waals surface area contributed by atoms with Crippen LogP contribution in [0.15, 0.2) is 72.1 Å². The van der Waals surface area contributed by atoms with Gasteiger partial charge in [0.05, 0.1) is 6.54 Å². The van der Waals surface area contributed by atoms with Crippen LogP contribution in [0.25, 0.3) is 0 Å². The van der Waals surface area contributed by atoms with E-state index < -0.39 is 0 Å². The van der Waals surface area contributed by atoms with Gasteiger partial charge in [-0.05, 0) is 41.2 Å². The van der Waals surface area contributed by atoms with Gasteiger partial charge in [-0.3, -0.25) is 0 Å². The second-order valence-electron chi connectivity index (χ2n) is 8.20. The fraction of sp³-hybridized carbons (Fsp3) is 0.280. The van der Waals surface area contributed by atoms with Crippen molar-refractivity contribution in [3.05, 3.63) is 104 Å². The minimum Gasteiger partial charge on any atom is -0.312 e. The summed E-state index contributed by atoms with van der Waals surface area (Å²) in [5.41, 5.74) is 4.27. The zero-order chi connectivity index (χ0) is 21.0. The zero-order valence-electron chi connectivity index (χ0n) is 17.5. The average molecular weight is 448 g/mol. The van der Waals surface area contributed by atoms with Crippen molar-refractivity contribution in [2.24, 2.45) is 0 Å². The highest BCUT2D eigenvalue weighted by atomic mass is 32.1. The van der Waals surface area contributed by atoms with Gasteiger partial charge in [0.2, 0.25) is 4.77 Å². The SMILES string of the molecule is S=c1n(C[NH+]2CCc3ccccc3C2)nc(Cc2cccs2)n1CCc1ccccc1. The minimum absolute atomic E-state index is 0.822. The number of benzene rings is 2. The molecule has 0 spiro atoms. The summed E-state index contributed by atoms with van der Waals surface area (Å²) in [6.45, 7) is 3.84. The summed E-state index contributed by atoms with van der Waals surface area (Å²) in [6.07, 6.45) is 2.92. The van der Waals surface area contributed by atoms with Gasteiger partial charge in [-0.2, -0.15) is 9.78 Å². The zero-order valence-corrected chi connectivity index (χ0v) is 19.2. The van der Waals surface area contributed by atoms with E-state index in [1.165, 1.54) is 26.5 Å². The van der Waals surface area contributed by atoms with Gasteiger partial charge in [0.25, 0.3) is 0 Å². The molecule has 0 amide bonds. The monoisotopic (exact) mass is 447 g/mol. The van der Waals surface area contributed by atoms with Crippen LogP contribution < -0.4 is 4.90 Å². The van der Waals surface area contributed by atoms with E-state index in [0.29, 0.717) is 0 Å². The molecule has 0 saturated heterocycles. The Bertz CT molecular complexity index is 1190.